The molecule has 0 saturated heterocycles. The molecule has 2 rings (SSSR count). The van der Waals surface area contributed by atoms with Gasteiger partial charge in [-0.15, -0.1) is 0 Å². The first-order valence-corrected chi connectivity index (χ1v) is 6.35. The Kier molecular flexibility index (Phi) is 4.54. The number of esters is 1. The lowest BCUT2D eigenvalue weighted by atomic mass is 10.2. The fourth-order valence-electron chi connectivity index (χ4n) is 1.72. The Hall–Kier alpha value is -2.57. The number of ether oxygens (including phenoxy) is 1. The smallest absolute Gasteiger partial charge is 0.340 e. The fraction of sp³-hybridized carbons (Fsp3) is 0.308. The van der Waals surface area contributed by atoms with Crippen LogP contribution in [0.3, 0.4) is 0 Å². The van der Waals surface area contributed by atoms with Crippen LogP contribution in [-0.4, -0.2) is 33.9 Å². The molecule has 0 amide bonds. The second kappa shape index (κ2) is 6.55. The summed E-state index contributed by atoms with van der Waals surface area (Å²) in [5, 5.41) is 7.17. The summed E-state index contributed by atoms with van der Waals surface area (Å²) in [6.45, 7) is 3.34. The third kappa shape index (κ3) is 3.25. The van der Waals surface area contributed by atoms with Crippen molar-refractivity contribution in [1.82, 2.24) is 14.8 Å². The van der Waals surface area contributed by atoms with E-state index in [1.165, 1.54) is 6.20 Å². The molecule has 7 nitrogen and oxygen atoms in total. The van der Waals surface area contributed by atoms with Crippen molar-refractivity contribution in [1.29, 1.82) is 0 Å². The summed E-state index contributed by atoms with van der Waals surface area (Å²) in [6, 6.07) is 3.40. The number of hydrogen-bond donors (Lipinski definition) is 2. The lowest BCUT2D eigenvalue weighted by Gasteiger charge is -2.11. The first-order chi connectivity index (χ1) is 9.72. The molecular weight excluding hydrogens is 258 g/mol. The quantitative estimate of drug-likeness (QED) is 0.768. The Morgan fingerprint density at radius 1 is 1.50 bits per heavy atom. The van der Waals surface area contributed by atoms with E-state index in [2.05, 4.69) is 15.4 Å². The number of nitrogens with zero attached hydrogens (tertiary/aromatic N) is 3. The number of anilines is 2. The SMILES string of the molecule is CCOC(=O)c1ccnc(NCCn2cccn2)c1N. The minimum absolute atomic E-state index is 0.298. The minimum Gasteiger partial charge on any atom is -0.462 e. The van der Waals surface area contributed by atoms with Gasteiger partial charge in [0.2, 0.25) is 0 Å². The Morgan fingerprint density at radius 3 is 3.05 bits per heavy atom. The number of nitrogens with one attached hydrogen (secondary N) is 1. The average Bonchev–Trinajstić information content (AvgIpc) is 2.94. The van der Waals surface area contributed by atoms with E-state index in [1.807, 2.05) is 12.3 Å². The molecule has 0 spiro atoms. The molecule has 0 aliphatic heterocycles. The average molecular weight is 275 g/mol. The van der Waals surface area contributed by atoms with Crippen molar-refractivity contribution in [3.63, 3.8) is 0 Å². The van der Waals surface area contributed by atoms with Crippen LogP contribution in [0.2, 0.25) is 0 Å². The first-order valence-electron chi connectivity index (χ1n) is 6.35. The predicted octanol–water partition coefficient (Wildman–Crippen LogP) is 1.15. The number of aromatic nitrogens is 3. The summed E-state index contributed by atoms with van der Waals surface area (Å²) in [6.07, 6.45) is 5.11. The molecule has 7 heteroatoms. The van der Waals surface area contributed by atoms with Gasteiger partial charge in [-0.05, 0) is 19.1 Å². The number of pyridine rings is 1. The summed E-state index contributed by atoms with van der Waals surface area (Å²) < 4.78 is 6.73. The van der Waals surface area contributed by atoms with Crippen LogP contribution in [0.5, 0.6) is 0 Å². The molecule has 2 heterocycles. The van der Waals surface area contributed by atoms with E-state index < -0.39 is 5.97 Å². The van der Waals surface area contributed by atoms with E-state index in [9.17, 15) is 4.79 Å². The molecule has 0 saturated carbocycles. The van der Waals surface area contributed by atoms with Crippen LogP contribution in [0, 0.1) is 0 Å². The van der Waals surface area contributed by atoms with Crippen LogP contribution < -0.4 is 11.1 Å². The highest BCUT2D eigenvalue weighted by atomic mass is 16.5. The highest BCUT2D eigenvalue weighted by molar-refractivity contribution is 5.97. The third-order valence-corrected chi connectivity index (χ3v) is 2.68. The van der Waals surface area contributed by atoms with Crippen molar-refractivity contribution < 1.29 is 9.53 Å². The zero-order chi connectivity index (χ0) is 14.4. The zero-order valence-electron chi connectivity index (χ0n) is 11.2. The number of nitrogen functional groups attached to an aromatic ring is 1. The van der Waals surface area contributed by atoms with Gasteiger partial charge in [0.05, 0.1) is 24.4 Å². The van der Waals surface area contributed by atoms with Crippen molar-refractivity contribution in [3.05, 3.63) is 36.3 Å². The Balaban J connectivity index is 2.01. The molecule has 3 N–H and O–H groups in total. The van der Waals surface area contributed by atoms with Gasteiger partial charge in [-0.25, -0.2) is 9.78 Å². The molecule has 2 aromatic heterocycles. The zero-order valence-corrected chi connectivity index (χ0v) is 11.2. The molecule has 0 aliphatic carbocycles. The lowest BCUT2D eigenvalue weighted by molar-refractivity contribution is 0.0527. The van der Waals surface area contributed by atoms with Gasteiger partial charge in [0.15, 0.2) is 0 Å². The van der Waals surface area contributed by atoms with Gasteiger partial charge in [0.1, 0.15) is 5.82 Å². The highest BCUT2D eigenvalue weighted by Gasteiger charge is 2.14. The first kappa shape index (κ1) is 13.9. The molecular formula is C13H17N5O2. The minimum atomic E-state index is -0.442. The van der Waals surface area contributed by atoms with Crippen LogP contribution in [0.15, 0.2) is 30.7 Å². The number of nitrogens with two attached hydrogens (primary N) is 1. The Morgan fingerprint density at radius 2 is 2.35 bits per heavy atom. The Bertz CT molecular complexity index is 568. The largest absolute Gasteiger partial charge is 0.462 e. The van der Waals surface area contributed by atoms with Gasteiger partial charge in [-0.2, -0.15) is 5.10 Å². The number of carbonyl (C=O) groups is 1. The molecule has 0 unspecified atom stereocenters. The fourth-order valence-corrected chi connectivity index (χ4v) is 1.72. The maximum atomic E-state index is 11.7. The number of hydrogen-bond acceptors (Lipinski definition) is 6. The topological polar surface area (TPSA) is 95.1 Å². The summed E-state index contributed by atoms with van der Waals surface area (Å²) in [7, 11) is 0. The molecule has 20 heavy (non-hydrogen) atoms. The van der Waals surface area contributed by atoms with E-state index in [1.54, 1.807) is 23.9 Å². The van der Waals surface area contributed by atoms with E-state index in [0.29, 0.717) is 36.8 Å². The molecule has 2 aromatic rings. The third-order valence-electron chi connectivity index (χ3n) is 2.68. The number of rotatable bonds is 6. The van der Waals surface area contributed by atoms with Crippen molar-refractivity contribution in [2.45, 2.75) is 13.5 Å². The molecule has 0 fully saturated rings. The van der Waals surface area contributed by atoms with Crippen molar-refractivity contribution >= 4 is 17.5 Å². The van der Waals surface area contributed by atoms with Gasteiger partial charge in [0, 0.05) is 25.1 Å². The maximum Gasteiger partial charge on any atom is 0.340 e. The van der Waals surface area contributed by atoms with Crippen LogP contribution in [0.25, 0.3) is 0 Å². The van der Waals surface area contributed by atoms with Gasteiger partial charge in [-0.1, -0.05) is 0 Å². The molecule has 0 aromatic carbocycles. The summed E-state index contributed by atoms with van der Waals surface area (Å²) in [4.78, 5) is 15.8. The van der Waals surface area contributed by atoms with E-state index in [-0.39, 0.29) is 0 Å². The van der Waals surface area contributed by atoms with Gasteiger partial charge in [0.25, 0.3) is 0 Å². The molecule has 106 valence electrons. The number of carbonyl (C=O) groups excluding carboxylic acids is 1. The monoisotopic (exact) mass is 275 g/mol. The summed E-state index contributed by atoms with van der Waals surface area (Å²) >= 11 is 0. The molecule has 0 bridgehead atoms. The molecule has 0 atom stereocenters. The predicted molar refractivity (Wildman–Crippen MR) is 75.3 cm³/mol. The van der Waals surface area contributed by atoms with Crippen LogP contribution >= 0.6 is 0 Å². The Labute approximate surface area is 116 Å². The summed E-state index contributed by atoms with van der Waals surface area (Å²) in [5.74, 6) is 0.0326. The second-order valence-corrected chi connectivity index (χ2v) is 4.04. The van der Waals surface area contributed by atoms with Crippen molar-refractivity contribution in [2.24, 2.45) is 0 Å². The molecule has 0 aliphatic rings. The lowest BCUT2D eigenvalue weighted by Crippen LogP contribution is -2.15. The van der Waals surface area contributed by atoms with E-state index >= 15 is 0 Å². The summed E-state index contributed by atoms with van der Waals surface area (Å²) in [5.41, 5.74) is 6.55. The normalized spacial score (nSPS) is 10.2. The highest BCUT2D eigenvalue weighted by Crippen LogP contribution is 2.20. The van der Waals surface area contributed by atoms with Gasteiger partial charge in [-0.3, -0.25) is 4.68 Å². The van der Waals surface area contributed by atoms with E-state index in [4.69, 9.17) is 10.5 Å². The molecule has 0 radical (unpaired) electrons. The second-order valence-electron chi connectivity index (χ2n) is 4.04. The maximum absolute atomic E-state index is 11.7. The van der Waals surface area contributed by atoms with E-state index in [0.717, 1.165) is 0 Å². The van der Waals surface area contributed by atoms with Crippen LogP contribution in [0.1, 0.15) is 17.3 Å². The van der Waals surface area contributed by atoms with Gasteiger partial charge < -0.3 is 15.8 Å². The van der Waals surface area contributed by atoms with Crippen molar-refractivity contribution in [2.75, 3.05) is 24.2 Å². The van der Waals surface area contributed by atoms with Crippen LogP contribution in [-0.2, 0) is 11.3 Å². The van der Waals surface area contributed by atoms with Gasteiger partial charge >= 0.3 is 5.97 Å². The standard InChI is InChI=1S/C13H17N5O2/c1-2-20-13(19)10-4-6-15-12(11(10)14)16-7-9-18-8-3-5-17-18/h3-6,8H,2,7,9,14H2,1H3,(H,15,16). The van der Waals surface area contributed by atoms with Crippen LogP contribution in [0.4, 0.5) is 11.5 Å². The van der Waals surface area contributed by atoms with Crippen molar-refractivity contribution in [3.8, 4) is 0 Å².